The van der Waals surface area contributed by atoms with Crippen molar-refractivity contribution in [2.24, 2.45) is 0 Å². The third-order valence-electron chi connectivity index (χ3n) is 4.70. The van der Waals surface area contributed by atoms with Gasteiger partial charge in [-0.1, -0.05) is 29.8 Å². The van der Waals surface area contributed by atoms with Crippen LogP contribution >= 0.6 is 11.6 Å². The van der Waals surface area contributed by atoms with E-state index < -0.39 is 11.7 Å². The predicted octanol–water partition coefficient (Wildman–Crippen LogP) is 4.71. The Morgan fingerprint density at radius 1 is 1.17 bits per heavy atom. The van der Waals surface area contributed by atoms with Gasteiger partial charge in [0.25, 0.3) is 5.91 Å². The second-order valence-electron chi connectivity index (χ2n) is 8.24. The summed E-state index contributed by atoms with van der Waals surface area (Å²) in [5, 5.41) is 0.299. The van der Waals surface area contributed by atoms with Gasteiger partial charge in [-0.25, -0.2) is 4.79 Å². The lowest BCUT2D eigenvalue weighted by atomic mass is 10.1. The van der Waals surface area contributed by atoms with E-state index >= 15 is 0 Å². The zero-order valence-electron chi connectivity index (χ0n) is 17.1. The molecule has 0 spiro atoms. The van der Waals surface area contributed by atoms with Gasteiger partial charge in [-0.2, -0.15) is 0 Å². The van der Waals surface area contributed by atoms with Crippen LogP contribution in [0.15, 0.2) is 42.5 Å². The molecule has 1 unspecified atom stereocenters. The van der Waals surface area contributed by atoms with Crippen molar-refractivity contribution < 1.29 is 14.3 Å². The number of ether oxygens (including phenoxy) is 1. The summed E-state index contributed by atoms with van der Waals surface area (Å²) >= 11 is 6.29. The number of halogens is 1. The fourth-order valence-electron chi connectivity index (χ4n) is 3.32. The van der Waals surface area contributed by atoms with Gasteiger partial charge in [0.1, 0.15) is 5.60 Å². The minimum absolute atomic E-state index is 0.236. The Bertz CT molecular complexity index is 939. The minimum atomic E-state index is -0.602. The number of carbonyl (C=O) groups is 2. The molecule has 29 heavy (non-hydrogen) atoms. The van der Waals surface area contributed by atoms with Crippen LogP contribution in [-0.4, -0.2) is 35.1 Å². The Morgan fingerprint density at radius 3 is 2.52 bits per heavy atom. The van der Waals surface area contributed by atoms with Crippen LogP contribution in [0.5, 0.6) is 0 Å². The first kappa shape index (κ1) is 21.0. The Labute approximate surface area is 176 Å². The number of benzene rings is 2. The van der Waals surface area contributed by atoms with E-state index in [0.717, 1.165) is 11.3 Å². The summed E-state index contributed by atoms with van der Waals surface area (Å²) in [4.78, 5) is 29.5. The molecular weight excluding hydrogens is 390 g/mol. The van der Waals surface area contributed by atoms with Gasteiger partial charge in [0.15, 0.2) is 0 Å². The third kappa shape index (κ3) is 4.65. The maximum Gasteiger partial charge on any atom is 0.410 e. The largest absolute Gasteiger partial charge is 0.444 e. The van der Waals surface area contributed by atoms with Crippen molar-refractivity contribution in [2.45, 2.75) is 45.9 Å². The summed E-state index contributed by atoms with van der Waals surface area (Å²) in [7, 11) is 0. The lowest BCUT2D eigenvalue weighted by Crippen LogP contribution is -2.46. The Balaban J connectivity index is 1.98. The molecule has 1 aliphatic heterocycles. The number of carbonyl (C=O) groups excluding carboxylic acids is 2. The highest BCUT2D eigenvalue weighted by Crippen LogP contribution is 2.31. The summed E-state index contributed by atoms with van der Waals surface area (Å²) in [5.74, 6) is -0.236. The first-order valence-corrected chi connectivity index (χ1v) is 9.89. The first-order valence-electron chi connectivity index (χ1n) is 9.51. The summed E-state index contributed by atoms with van der Waals surface area (Å²) in [6, 6.07) is 12.1. The average Bonchev–Trinajstić information content (AvgIpc) is 2.77. The second-order valence-corrected chi connectivity index (χ2v) is 8.65. The smallest absolute Gasteiger partial charge is 0.410 e. The summed E-state index contributed by atoms with van der Waals surface area (Å²) in [6.45, 7) is 8.07. The van der Waals surface area contributed by atoms with Crippen molar-refractivity contribution in [3.8, 4) is 0 Å². The normalized spacial score (nSPS) is 16.8. The third-order valence-corrected chi connectivity index (χ3v) is 5.01. The van der Waals surface area contributed by atoms with Crippen LogP contribution in [-0.2, 0) is 11.3 Å². The van der Waals surface area contributed by atoms with E-state index in [1.54, 1.807) is 28.0 Å². The summed E-state index contributed by atoms with van der Waals surface area (Å²) < 4.78 is 5.58. The molecule has 0 aromatic heterocycles. The highest BCUT2D eigenvalue weighted by molar-refractivity contribution is 6.34. The van der Waals surface area contributed by atoms with E-state index in [1.807, 2.05) is 52.0 Å². The lowest BCUT2D eigenvalue weighted by molar-refractivity contribution is 0.0167. The number of nitrogens with zero attached hydrogens (tertiary/aromatic N) is 2. The molecule has 1 heterocycles. The SMILES string of the molecule is CC1CN(C(=O)c2ccc(N)cc2Cl)c2ccccc2CN1C(=O)OC(C)(C)C. The van der Waals surface area contributed by atoms with Crippen molar-refractivity contribution in [2.75, 3.05) is 17.2 Å². The van der Waals surface area contributed by atoms with Crippen molar-refractivity contribution in [1.29, 1.82) is 0 Å². The van der Waals surface area contributed by atoms with Gasteiger partial charge in [0.2, 0.25) is 0 Å². The number of para-hydroxylation sites is 1. The second kappa shape index (κ2) is 7.95. The van der Waals surface area contributed by atoms with Crippen LogP contribution in [0.4, 0.5) is 16.2 Å². The standard InChI is InChI=1S/C22H26ClN3O3/c1-14-12-26(20(27)17-10-9-16(24)11-18(17)23)19-8-6-5-7-15(19)13-25(14)21(28)29-22(2,3)4/h5-11,14H,12-13,24H2,1-4H3. The number of hydrogen-bond donors (Lipinski definition) is 1. The molecule has 0 aliphatic carbocycles. The van der Waals surface area contributed by atoms with Crippen LogP contribution in [0.1, 0.15) is 43.6 Å². The Morgan fingerprint density at radius 2 is 1.86 bits per heavy atom. The van der Waals surface area contributed by atoms with E-state index in [9.17, 15) is 9.59 Å². The molecule has 0 saturated heterocycles. The molecule has 154 valence electrons. The van der Waals surface area contributed by atoms with Crippen LogP contribution in [0.2, 0.25) is 5.02 Å². The Hall–Kier alpha value is -2.73. The molecule has 6 nitrogen and oxygen atoms in total. The van der Waals surface area contributed by atoms with Crippen molar-refractivity contribution >= 4 is 35.0 Å². The zero-order valence-corrected chi connectivity index (χ0v) is 17.9. The molecule has 2 amide bonds. The van der Waals surface area contributed by atoms with Gasteiger partial charge in [-0.05, 0) is 57.5 Å². The van der Waals surface area contributed by atoms with Gasteiger partial charge >= 0.3 is 6.09 Å². The van der Waals surface area contributed by atoms with Gasteiger partial charge in [-0.3, -0.25) is 9.69 Å². The number of amides is 2. The zero-order chi connectivity index (χ0) is 21.3. The first-order chi connectivity index (χ1) is 13.6. The molecule has 2 aromatic rings. The molecule has 7 heteroatoms. The van der Waals surface area contributed by atoms with Gasteiger partial charge in [0, 0.05) is 17.9 Å². The predicted molar refractivity (Wildman–Crippen MR) is 115 cm³/mol. The summed E-state index contributed by atoms with van der Waals surface area (Å²) in [6.07, 6.45) is -0.403. The van der Waals surface area contributed by atoms with Crippen LogP contribution < -0.4 is 10.6 Å². The topological polar surface area (TPSA) is 75.9 Å². The molecule has 1 atom stereocenters. The van der Waals surface area contributed by atoms with Gasteiger partial charge in [0.05, 0.1) is 23.2 Å². The Kier molecular flexibility index (Phi) is 5.75. The minimum Gasteiger partial charge on any atom is -0.444 e. The van der Waals surface area contributed by atoms with Crippen molar-refractivity contribution in [1.82, 2.24) is 4.90 Å². The van der Waals surface area contributed by atoms with Crippen LogP contribution in [0.25, 0.3) is 0 Å². The number of hydrogen-bond acceptors (Lipinski definition) is 4. The molecule has 2 N–H and O–H groups in total. The van der Waals surface area contributed by atoms with E-state index in [0.29, 0.717) is 29.4 Å². The fourth-order valence-corrected chi connectivity index (χ4v) is 3.59. The van der Waals surface area contributed by atoms with E-state index in [1.165, 1.54) is 0 Å². The number of rotatable bonds is 1. The molecule has 0 radical (unpaired) electrons. The number of nitrogens with two attached hydrogens (primary N) is 1. The fraction of sp³-hybridized carbons (Fsp3) is 0.364. The van der Waals surface area contributed by atoms with Crippen LogP contribution in [0, 0.1) is 0 Å². The molecule has 2 aromatic carbocycles. The molecule has 0 fully saturated rings. The quantitative estimate of drug-likeness (QED) is 0.684. The molecule has 0 saturated carbocycles. The van der Waals surface area contributed by atoms with Crippen LogP contribution in [0.3, 0.4) is 0 Å². The average molecular weight is 416 g/mol. The summed E-state index contributed by atoms with van der Waals surface area (Å²) in [5.41, 5.74) is 7.64. The van der Waals surface area contributed by atoms with E-state index in [-0.39, 0.29) is 11.9 Å². The molecule has 0 bridgehead atoms. The number of anilines is 2. The lowest BCUT2D eigenvalue weighted by Gasteiger charge is -2.31. The number of fused-ring (bicyclic) bond motifs is 1. The van der Waals surface area contributed by atoms with Gasteiger partial charge in [-0.15, -0.1) is 0 Å². The van der Waals surface area contributed by atoms with Crippen molar-refractivity contribution in [3.05, 3.63) is 58.6 Å². The highest BCUT2D eigenvalue weighted by atomic mass is 35.5. The van der Waals surface area contributed by atoms with E-state index in [2.05, 4.69) is 0 Å². The van der Waals surface area contributed by atoms with Gasteiger partial charge < -0.3 is 15.4 Å². The highest BCUT2D eigenvalue weighted by Gasteiger charge is 2.34. The molecule has 3 rings (SSSR count). The maximum atomic E-state index is 13.4. The van der Waals surface area contributed by atoms with Crippen molar-refractivity contribution in [3.63, 3.8) is 0 Å². The monoisotopic (exact) mass is 415 g/mol. The van der Waals surface area contributed by atoms with E-state index in [4.69, 9.17) is 22.1 Å². The molecular formula is C22H26ClN3O3. The maximum absolute atomic E-state index is 13.4. The number of nitrogen functional groups attached to an aromatic ring is 1. The molecule has 1 aliphatic rings.